The molecule has 4 aliphatic carbocycles. The van der Waals surface area contributed by atoms with E-state index in [0.29, 0.717) is 32.1 Å². The Hall–Kier alpha value is -1.29. The van der Waals surface area contributed by atoms with E-state index in [4.69, 9.17) is 4.74 Å². The van der Waals surface area contributed by atoms with Gasteiger partial charge in [-0.2, -0.15) is 8.78 Å². The van der Waals surface area contributed by atoms with Crippen LogP contribution in [0.15, 0.2) is 0 Å². The van der Waals surface area contributed by atoms with Crippen LogP contribution in [0.25, 0.3) is 0 Å². The number of carbonyl (C=O) groups excluding carboxylic acids is 2. The number of rotatable bonds is 5. The van der Waals surface area contributed by atoms with Gasteiger partial charge in [0, 0.05) is 12.3 Å². The standard InChI is InChI=1S/C15H20F2O7S/c1-9(18)24-14-5-10-2-11(6-14)4-13(3-10,7-14)8-23-12(19)15(16,17)25(20,21)22/h10-11H,2-8H2,1H3,(H,20,21,22)/p-1. The predicted molar refractivity (Wildman–Crippen MR) is 77.2 cm³/mol. The Labute approximate surface area is 143 Å². The number of carbonyl (C=O) groups is 2. The molecule has 142 valence electrons. The van der Waals surface area contributed by atoms with E-state index in [1.807, 2.05) is 0 Å². The molecule has 0 amide bonds. The third-order valence-electron chi connectivity index (χ3n) is 5.55. The SMILES string of the molecule is CC(=O)OC12CC3CC(CC(COC(=O)C(F)(F)S(=O)(=O)[O-])(C3)C1)C2. The zero-order valence-corrected chi connectivity index (χ0v) is 14.4. The average Bonchev–Trinajstić information content (AvgIpc) is 2.40. The van der Waals surface area contributed by atoms with Gasteiger partial charge in [0.1, 0.15) is 5.60 Å². The number of alkyl halides is 2. The lowest BCUT2D eigenvalue weighted by atomic mass is 9.48. The summed E-state index contributed by atoms with van der Waals surface area (Å²) in [6.07, 6.45) is 4.00. The first-order valence-corrected chi connectivity index (χ1v) is 9.47. The van der Waals surface area contributed by atoms with E-state index < -0.39 is 44.9 Å². The number of ether oxygens (including phenoxy) is 2. The van der Waals surface area contributed by atoms with Crippen LogP contribution in [0.1, 0.15) is 45.4 Å². The maximum Gasteiger partial charge on any atom is 0.428 e. The van der Waals surface area contributed by atoms with E-state index >= 15 is 0 Å². The van der Waals surface area contributed by atoms with Crippen LogP contribution in [-0.4, -0.2) is 42.4 Å². The van der Waals surface area contributed by atoms with Crippen LogP contribution in [0.4, 0.5) is 8.78 Å². The first kappa shape index (κ1) is 18.5. The second-order valence-electron chi connectivity index (χ2n) is 7.78. The Morgan fingerprint density at radius 3 is 2.24 bits per heavy atom. The number of hydrogen-bond donors (Lipinski definition) is 0. The summed E-state index contributed by atoms with van der Waals surface area (Å²) in [6.45, 7) is 0.901. The molecule has 0 heterocycles. The fourth-order valence-corrected chi connectivity index (χ4v) is 5.63. The van der Waals surface area contributed by atoms with Gasteiger partial charge >= 0.3 is 17.2 Å². The molecular weight excluding hydrogens is 362 g/mol. The minimum absolute atomic E-state index is 0.239. The molecule has 0 saturated heterocycles. The zero-order valence-electron chi connectivity index (χ0n) is 13.6. The van der Waals surface area contributed by atoms with Gasteiger partial charge in [0.15, 0.2) is 10.1 Å². The fraction of sp³-hybridized carbons (Fsp3) is 0.867. The van der Waals surface area contributed by atoms with Crippen LogP contribution in [0.3, 0.4) is 0 Å². The van der Waals surface area contributed by atoms with Crippen molar-refractivity contribution in [3.05, 3.63) is 0 Å². The molecule has 10 heteroatoms. The second-order valence-corrected chi connectivity index (χ2v) is 9.21. The van der Waals surface area contributed by atoms with Crippen LogP contribution >= 0.6 is 0 Å². The van der Waals surface area contributed by atoms with Gasteiger partial charge < -0.3 is 14.0 Å². The summed E-state index contributed by atoms with van der Waals surface area (Å²) in [5.74, 6) is -2.29. The maximum absolute atomic E-state index is 13.3. The van der Waals surface area contributed by atoms with Gasteiger partial charge in [0.2, 0.25) is 0 Å². The number of hydrogen-bond acceptors (Lipinski definition) is 7. The van der Waals surface area contributed by atoms with Crippen molar-refractivity contribution in [2.75, 3.05) is 6.61 Å². The Balaban J connectivity index is 1.74. The van der Waals surface area contributed by atoms with E-state index in [-0.39, 0.29) is 11.8 Å². The highest BCUT2D eigenvalue weighted by Crippen LogP contribution is 2.62. The Bertz CT molecular complexity index is 689. The Morgan fingerprint density at radius 2 is 1.76 bits per heavy atom. The van der Waals surface area contributed by atoms with Crippen molar-refractivity contribution >= 4 is 22.1 Å². The van der Waals surface area contributed by atoms with Crippen LogP contribution in [0, 0.1) is 17.3 Å². The van der Waals surface area contributed by atoms with Crippen molar-refractivity contribution in [1.82, 2.24) is 0 Å². The molecule has 0 aromatic rings. The summed E-state index contributed by atoms with van der Waals surface area (Å²) in [4.78, 5) is 22.9. The van der Waals surface area contributed by atoms with Crippen LogP contribution in [-0.2, 0) is 29.2 Å². The van der Waals surface area contributed by atoms with Gasteiger partial charge in [0.25, 0.3) is 0 Å². The van der Waals surface area contributed by atoms with Crippen LogP contribution in [0.2, 0.25) is 0 Å². The lowest BCUT2D eigenvalue weighted by Gasteiger charge is -2.60. The third-order valence-corrected chi connectivity index (χ3v) is 6.34. The largest absolute Gasteiger partial charge is 0.743 e. The summed E-state index contributed by atoms with van der Waals surface area (Å²) in [6, 6.07) is 0. The van der Waals surface area contributed by atoms with Crippen molar-refractivity contribution in [3.63, 3.8) is 0 Å². The predicted octanol–water partition coefficient (Wildman–Crippen LogP) is 1.57. The average molecular weight is 381 g/mol. The molecule has 4 rings (SSSR count). The van der Waals surface area contributed by atoms with Gasteiger partial charge in [-0.3, -0.25) is 4.79 Å². The van der Waals surface area contributed by atoms with Gasteiger partial charge in [-0.15, -0.1) is 0 Å². The number of halogens is 2. The van der Waals surface area contributed by atoms with Gasteiger partial charge in [-0.1, -0.05) is 0 Å². The van der Waals surface area contributed by atoms with Crippen molar-refractivity contribution in [1.29, 1.82) is 0 Å². The molecule has 0 radical (unpaired) electrons. The maximum atomic E-state index is 13.3. The van der Waals surface area contributed by atoms with E-state index in [1.165, 1.54) is 6.92 Å². The third kappa shape index (κ3) is 3.25. The van der Waals surface area contributed by atoms with Gasteiger partial charge in [-0.05, 0) is 50.4 Å². The molecule has 0 aromatic carbocycles. The quantitative estimate of drug-likeness (QED) is 0.525. The monoisotopic (exact) mass is 381 g/mol. The molecule has 0 N–H and O–H groups in total. The highest BCUT2D eigenvalue weighted by molar-refractivity contribution is 7.87. The molecular formula is C15H19F2O7S-. The van der Waals surface area contributed by atoms with E-state index in [9.17, 15) is 31.3 Å². The first-order valence-electron chi connectivity index (χ1n) is 8.07. The molecule has 4 aliphatic rings. The molecule has 25 heavy (non-hydrogen) atoms. The van der Waals surface area contributed by atoms with Crippen molar-refractivity contribution < 1.29 is 40.8 Å². The second kappa shape index (κ2) is 5.60. The summed E-state index contributed by atoms with van der Waals surface area (Å²) in [5.41, 5.74) is -1.30. The van der Waals surface area contributed by atoms with Crippen molar-refractivity contribution in [3.8, 4) is 0 Å². The normalized spacial score (nSPS) is 37.0. The molecule has 4 fully saturated rings. The minimum atomic E-state index is -6.14. The summed E-state index contributed by atoms with van der Waals surface area (Å²) >= 11 is 0. The van der Waals surface area contributed by atoms with Gasteiger partial charge in [-0.25, -0.2) is 13.2 Å². The lowest BCUT2D eigenvalue weighted by molar-refractivity contribution is -0.211. The van der Waals surface area contributed by atoms with Crippen molar-refractivity contribution in [2.24, 2.45) is 17.3 Å². The van der Waals surface area contributed by atoms with Crippen molar-refractivity contribution in [2.45, 2.75) is 56.3 Å². The molecule has 2 atom stereocenters. The molecule has 0 aliphatic heterocycles. The lowest BCUT2D eigenvalue weighted by Crippen LogP contribution is -2.59. The van der Waals surface area contributed by atoms with E-state index in [0.717, 1.165) is 6.42 Å². The van der Waals surface area contributed by atoms with Crippen LogP contribution < -0.4 is 0 Å². The molecule has 4 saturated carbocycles. The smallest absolute Gasteiger partial charge is 0.428 e. The molecule has 2 unspecified atom stereocenters. The summed E-state index contributed by atoms with van der Waals surface area (Å²) < 4.78 is 68.2. The van der Waals surface area contributed by atoms with E-state index in [1.54, 1.807) is 0 Å². The fourth-order valence-electron chi connectivity index (χ4n) is 5.36. The molecule has 4 bridgehead atoms. The Kier molecular flexibility index (Phi) is 4.15. The zero-order chi connectivity index (χ0) is 18.7. The molecule has 0 spiro atoms. The highest BCUT2D eigenvalue weighted by Gasteiger charge is 2.60. The first-order chi connectivity index (χ1) is 11.4. The highest BCUT2D eigenvalue weighted by atomic mass is 32.2. The van der Waals surface area contributed by atoms with Crippen LogP contribution in [0.5, 0.6) is 0 Å². The minimum Gasteiger partial charge on any atom is -0.743 e. The Morgan fingerprint density at radius 1 is 1.20 bits per heavy atom. The summed E-state index contributed by atoms with van der Waals surface area (Å²) in [5, 5.41) is -5.11. The molecule has 0 aromatic heterocycles. The topological polar surface area (TPSA) is 110 Å². The molecule has 7 nitrogen and oxygen atoms in total. The van der Waals surface area contributed by atoms with E-state index in [2.05, 4.69) is 4.74 Å². The number of esters is 2. The van der Waals surface area contributed by atoms with Gasteiger partial charge in [0.05, 0.1) is 6.61 Å². The summed E-state index contributed by atoms with van der Waals surface area (Å²) in [7, 11) is -6.14.